The third kappa shape index (κ3) is 1.35. The summed E-state index contributed by atoms with van der Waals surface area (Å²) in [5.41, 5.74) is 1.98. The fraction of sp³-hybridized carbons (Fsp3) is 0.455. The highest BCUT2D eigenvalue weighted by Crippen LogP contribution is 2.32. The molecule has 1 nitrogen and oxygen atoms in total. The van der Waals surface area contributed by atoms with Gasteiger partial charge >= 0.3 is 0 Å². The van der Waals surface area contributed by atoms with E-state index < -0.39 is 5.67 Å². The number of hydrogen-bond donors (Lipinski definition) is 1. The topological polar surface area (TPSA) is 12.0 Å². The predicted octanol–water partition coefficient (Wildman–Crippen LogP) is 2.07. The second-order valence-electron chi connectivity index (χ2n) is 3.89. The first-order valence-corrected chi connectivity index (χ1v) is 4.59. The maximum atomic E-state index is 14.0. The Labute approximate surface area is 78.0 Å². The molecule has 1 aliphatic rings. The van der Waals surface area contributed by atoms with Crippen LogP contribution in [-0.2, 0) is 5.67 Å². The first-order chi connectivity index (χ1) is 6.12. The van der Waals surface area contributed by atoms with Gasteiger partial charge in [0, 0.05) is 13.1 Å². The third-order valence-corrected chi connectivity index (χ3v) is 2.68. The van der Waals surface area contributed by atoms with Crippen LogP contribution in [0.4, 0.5) is 4.39 Å². The molecule has 0 spiro atoms. The molecular weight excluding hydrogens is 165 g/mol. The van der Waals surface area contributed by atoms with Gasteiger partial charge in [-0.1, -0.05) is 23.8 Å². The van der Waals surface area contributed by atoms with Crippen molar-refractivity contribution in [3.63, 3.8) is 0 Å². The van der Waals surface area contributed by atoms with Crippen LogP contribution in [0.25, 0.3) is 0 Å². The first kappa shape index (κ1) is 8.70. The Hall–Kier alpha value is -0.890. The van der Waals surface area contributed by atoms with Gasteiger partial charge in [-0.15, -0.1) is 0 Å². The van der Waals surface area contributed by atoms with E-state index in [4.69, 9.17) is 0 Å². The summed E-state index contributed by atoms with van der Waals surface area (Å²) in [4.78, 5) is 0. The van der Waals surface area contributed by atoms with Crippen LogP contribution in [0.2, 0.25) is 0 Å². The Morgan fingerprint density at radius 3 is 2.46 bits per heavy atom. The van der Waals surface area contributed by atoms with E-state index in [1.54, 1.807) is 0 Å². The average Bonchev–Trinajstić information content (AvgIpc) is 2.00. The highest BCUT2D eigenvalue weighted by Gasteiger charge is 2.39. The van der Waals surface area contributed by atoms with Gasteiger partial charge in [0.15, 0.2) is 5.67 Å². The number of aryl methyl sites for hydroxylation is 2. The average molecular weight is 179 g/mol. The Kier molecular flexibility index (Phi) is 1.88. The third-order valence-electron chi connectivity index (χ3n) is 2.68. The molecule has 0 aliphatic carbocycles. The predicted molar refractivity (Wildman–Crippen MR) is 51.6 cm³/mol. The van der Waals surface area contributed by atoms with Gasteiger partial charge in [-0.2, -0.15) is 0 Å². The van der Waals surface area contributed by atoms with Gasteiger partial charge in [0.05, 0.1) is 0 Å². The molecule has 1 aromatic carbocycles. The number of benzene rings is 1. The standard InChI is InChI=1S/C11H14FN/c1-8-3-4-10(9(2)5-8)11(12)6-13-7-11/h3-5,13H,6-7H2,1-2H3. The van der Waals surface area contributed by atoms with Crippen LogP contribution >= 0.6 is 0 Å². The normalized spacial score (nSPS) is 19.6. The first-order valence-electron chi connectivity index (χ1n) is 4.59. The molecule has 2 rings (SSSR count). The highest BCUT2D eigenvalue weighted by atomic mass is 19.1. The van der Waals surface area contributed by atoms with Crippen molar-refractivity contribution >= 4 is 0 Å². The highest BCUT2D eigenvalue weighted by molar-refractivity contribution is 5.36. The monoisotopic (exact) mass is 179 g/mol. The molecule has 1 N–H and O–H groups in total. The molecule has 13 heavy (non-hydrogen) atoms. The number of alkyl halides is 1. The Morgan fingerprint density at radius 1 is 1.31 bits per heavy atom. The molecule has 1 aliphatic heterocycles. The van der Waals surface area contributed by atoms with Crippen LogP contribution < -0.4 is 5.32 Å². The SMILES string of the molecule is Cc1ccc(C2(F)CNC2)c(C)c1. The molecule has 1 fully saturated rings. The molecule has 0 bridgehead atoms. The summed E-state index contributed by atoms with van der Waals surface area (Å²) in [5.74, 6) is 0. The zero-order chi connectivity index (χ0) is 9.47. The quantitative estimate of drug-likeness (QED) is 0.696. The van der Waals surface area contributed by atoms with E-state index in [1.165, 1.54) is 5.56 Å². The van der Waals surface area contributed by atoms with Crippen molar-refractivity contribution < 1.29 is 4.39 Å². The lowest BCUT2D eigenvalue weighted by atomic mass is 9.86. The lowest BCUT2D eigenvalue weighted by Crippen LogP contribution is -2.54. The summed E-state index contributed by atoms with van der Waals surface area (Å²) < 4.78 is 14.0. The van der Waals surface area contributed by atoms with Gasteiger partial charge in [-0.3, -0.25) is 0 Å². The van der Waals surface area contributed by atoms with E-state index in [-0.39, 0.29) is 0 Å². The summed E-state index contributed by atoms with van der Waals surface area (Å²) in [6.07, 6.45) is 0. The van der Waals surface area contributed by atoms with Gasteiger partial charge in [-0.25, -0.2) is 4.39 Å². The molecule has 0 unspecified atom stereocenters. The van der Waals surface area contributed by atoms with Crippen molar-refractivity contribution in [2.45, 2.75) is 19.5 Å². The number of hydrogen-bond acceptors (Lipinski definition) is 1. The van der Waals surface area contributed by atoms with Crippen molar-refractivity contribution in [3.8, 4) is 0 Å². The smallest absolute Gasteiger partial charge is 0.160 e. The molecular formula is C11H14FN. The molecule has 0 saturated carbocycles. The van der Waals surface area contributed by atoms with E-state index in [0.717, 1.165) is 11.1 Å². The fourth-order valence-corrected chi connectivity index (χ4v) is 1.85. The Bertz CT molecular complexity index is 329. The van der Waals surface area contributed by atoms with Gasteiger partial charge in [0.1, 0.15) is 0 Å². The second kappa shape index (κ2) is 2.81. The van der Waals surface area contributed by atoms with Crippen molar-refractivity contribution in [2.24, 2.45) is 0 Å². The zero-order valence-corrected chi connectivity index (χ0v) is 8.02. The zero-order valence-electron chi connectivity index (χ0n) is 8.02. The summed E-state index contributed by atoms with van der Waals surface area (Å²) in [5, 5.41) is 2.97. The van der Waals surface area contributed by atoms with Crippen LogP contribution in [0.15, 0.2) is 18.2 Å². The molecule has 1 aromatic rings. The maximum absolute atomic E-state index is 14.0. The van der Waals surface area contributed by atoms with Crippen molar-refractivity contribution in [1.82, 2.24) is 5.32 Å². The van der Waals surface area contributed by atoms with Gasteiger partial charge < -0.3 is 5.32 Å². The maximum Gasteiger partial charge on any atom is 0.160 e. The Balaban J connectivity index is 2.40. The van der Waals surface area contributed by atoms with Gasteiger partial charge in [-0.05, 0) is 25.0 Å². The van der Waals surface area contributed by atoms with Gasteiger partial charge in [0.25, 0.3) is 0 Å². The molecule has 0 atom stereocenters. The lowest BCUT2D eigenvalue weighted by Gasteiger charge is -2.36. The van der Waals surface area contributed by atoms with E-state index in [2.05, 4.69) is 5.32 Å². The van der Waals surface area contributed by atoms with E-state index in [9.17, 15) is 4.39 Å². The van der Waals surface area contributed by atoms with Crippen LogP contribution in [0, 0.1) is 13.8 Å². The molecule has 0 amide bonds. The van der Waals surface area contributed by atoms with E-state index in [0.29, 0.717) is 13.1 Å². The van der Waals surface area contributed by atoms with Crippen molar-refractivity contribution in [1.29, 1.82) is 0 Å². The van der Waals surface area contributed by atoms with E-state index in [1.807, 2.05) is 32.0 Å². The lowest BCUT2D eigenvalue weighted by molar-refractivity contribution is 0.0884. The number of rotatable bonds is 1. The molecule has 1 heterocycles. The van der Waals surface area contributed by atoms with Crippen LogP contribution in [0.5, 0.6) is 0 Å². The van der Waals surface area contributed by atoms with Gasteiger partial charge in [0.2, 0.25) is 0 Å². The van der Waals surface area contributed by atoms with Crippen molar-refractivity contribution in [2.75, 3.05) is 13.1 Å². The summed E-state index contributed by atoms with van der Waals surface area (Å²) in [6.45, 7) is 4.91. The minimum Gasteiger partial charge on any atom is -0.310 e. The second-order valence-corrected chi connectivity index (χ2v) is 3.89. The summed E-state index contributed by atoms with van der Waals surface area (Å²) >= 11 is 0. The molecule has 2 heteroatoms. The Morgan fingerprint density at radius 2 is 2.00 bits per heavy atom. The summed E-state index contributed by atoms with van der Waals surface area (Å²) in [7, 11) is 0. The van der Waals surface area contributed by atoms with E-state index >= 15 is 0 Å². The van der Waals surface area contributed by atoms with Crippen LogP contribution in [-0.4, -0.2) is 13.1 Å². The number of nitrogens with one attached hydrogen (secondary N) is 1. The van der Waals surface area contributed by atoms with Crippen LogP contribution in [0.3, 0.4) is 0 Å². The fourth-order valence-electron chi connectivity index (χ4n) is 1.85. The molecule has 0 radical (unpaired) electrons. The van der Waals surface area contributed by atoms with Crippen LogP contribution in [0.1, 0.15) is 16.7 Å². The minimum atomic E-state index is -1.11. The number of halogens is 1. The molecule has 1 saturated heterocycles. The summed E-state index contributed by atoms with van der Waals surface area (Å²) in [6, 6.07) is 5.92. The van der Waals surface area contributed by atoms with Crippen molar-refractivity contribution in [3.05, 3.63) is 34.9 Å². The minimum absolute atomic E-state index is 0.455. The largest absolute Gasteiger partial charge is 0.310 e. The molecule has 70 valence electrons. The molecule has 0 aromatic heterocycles.